The van der Waals surface area contributed by atoms with Gasteiger partial charge >= 0.3 is 0 Å². The molecule has 1 aliphatic heterocycles. The first-order valence-corrected chi connectivity index (χ1v) is 7.06. The van der Waals surface area contributed by atoms with Crippen molar-refractivity contribution in [3.63, 3.8) is 0 Å². The second-order valence-corrected chi connectivity index (χ2v) is 6.66. The highest BCUT2D eigenvalue weighted by atomic mass is 32.2. The van der Waals surface area contributed by atoms with Crippen molar-refractivity contribution in [1.29, 1.82) is 0 Å². The smallest absolute Gasteiger partial charge is 0.000243 e. The quantitative estimate of drug-likeness (QED) is 0.773. The van der Waals surface area contributed by atoms with Crippen molar-refractivity contribution in [1.82, 2.24) is 5.32 Å². The van der Waals surface area contributed by atoms with Crippen molar-refractivity contribution in [2.24, 2.45) is 16.7 Å². The molecule has 0 radical (unpaired) electrons. The molecule has 2 atom stereocenters. The zero-order valence-electron chi connectivity index (χ0n) is 9.73. The van der Waals surface area contributed by atoms with Crippen LogP contribution in [0.1, 0.15) is 33.6 Å². The number of hydrogen-bond donors (Lipinski definition) is 1. The number of rotatable bonds is 3. The van der Waals surface area contributed by atoms with Crippen LogP contribution in [0.2, 0.25) is 0 Å². The third-order valence-electron chi connectivity index (χ3n) is 4.45. The lowest BCUT2D eigenvalue weighted by molar-refractivity contribution is 0.177. The molecule has 0 aromatic heterocycles. The average molecular weight is 213 g/mol. The second-order valence-electron chi connectivity index (χ2n) is 5.55. The molecule has 0 bridgehead atoms. The monoisotopic (exact) mass is 213 g/mol. The van der Waals surface area contributed by atoms with E-state index < -0.39 is 0 Å². The molecule has 0 aromatic carbocycles. The van der Waals surface area contributed by atoms with Crippen LogP contribution >= 0.6 is 11.8 Å². The van der Waals surface area contributed by atoms with E-state index in [-0.39, 0.29) is 0 Å². The van der Waals surface area contributed by atoms with Crippen LogP contribution in [0.4, 0.5) is 0 Å². The minimum atomic E-state index is 0.596. The zero-order valence-corrected chi connectivity index (χ0v) is 10.5. The zero-order chi connectivity index (χ0) is 10.2. The Bertz CT molecular complexity index is 214. The van der Waals surface area contributed by atoms with E-state index in [9.17, 15) is 0 Å². The van der Waals surface area contributed by atoms with Crippen LogP contribution in [-0.2, 0) is 0 Å². The van der Waals surface area contributed by atoms with Crippen molar-refractivity contribution in [2.75, 3.05) is 24.6 Å². The first-order valence-electron chi connectivity index (χ1n) is 5.91. The van der Waals surface area contributed by atoms with Crippen LogP contribution in [0.25, 0.3) is 0 Å². The predicted molar refractivity (Wildman–Crippen MR) is 64.8 cm³/mol. The van der Waals surface area contributed by atoms with Crippen molar-refractivity contribution in [3.05, 3.63) is 0 Å². The summed E-state index contributed by atoms with van der Waals surface area (Å²) in [6.45, 7) is 9.55. The minimum Gasteiger partial charge on any atom is -0.317 e. The largest absolute Gasteiger partial charge is 0.317 e. The van der Waals surface area contributed by atoms with E-state index in [0.717, 1.165) is 12.5 Å². The van der Waals surface area contributed by atoms with Gasteiger partial charge in [-0.05, 0) is 54.2 Å². The summed E-state index contributed by atoms with van der Waals surface area (Å²) in [5.41, 5.74) is 1.29. The van der Waals surface area contributed by atoms with Gasteiger partial charge in [0, 0.05) is 0 Å². The molecule has 1 nitrogen and oxygen atoms in total. The molecule has 2 heteroatoms. The number of nitrogens with one attached hydrogen (secondary N) is 1. The van der Waals surface area contributed by atoms with E-state index in [1.54, 1.807) is 0 Å². The Labute approximate surface area is 92.4 Å². The summed E-state index contributed by atoms with van der Waals surface area (Å²) < 4.78 is 0. The molecular formula is C12H23NS. The third kappa shape index (κ3) is 1.61. The lowest BCUT2D eigenvalue weighted by Crippen LogP contribution is -2.36. The predicted octanol–water partition coefficient (Wildman–Crippen LogP) is 2.77. The fraction of sp³-hybridized carbons (Fsp3) is 1.00. The third-order valence-corrected chi connectivity index (χ3v) is 5.66. The Kier molecular flexibility index (Phi) is 2.87. The molecule has 1 saturated carbocycles. The van der Waals surface area contributed by atoms with E-state index in [2.05, 4.69) is 37.8 Å². The standard InChI is InChI=1S/C12H23NS/c1-4-13-8-10-7-12(10)9-14-6-5-11(12,2)3/h10,13H,4-9H2,1-3H3. The molecule has 1 N–H and O–H groups in total. The lowest BCUT2D eigenvalue weighted by atomic mass is 9.73. The van der Waals surface area contributed by atoms with Crippen LogP contribution in [0.15, 0.2) is 0 Å². The summed E-state index contributed by atoms with van der Waals surface area (Å²) in [7, 11) is 0. The topological polar surface area (TPSA) is 12.0 Å². The molecule has 2 aliphatic rings. The van der Waals surface area contributed by atoms with Crippen molar-refractivity contribution >= 4 is 11.8 Å². The van der Waals surface area contributed by atoms with Crippen LogP contribution in [0, 0.1) is 16.7 Å². The van der Waals surface area contributed by atoms with Crippen LogP contribution < -0.4 is 5.32 Å². The molecule has 14 heavy (non-hydrogen) atoms. The molecular weight excluding hydrogens is 190 g/mol. The van der Waals surface area contributed by atoms with Crippen molar-refractivity contribution < 1.29 is 0 Å². The van der Waals surface area contributed by atoms with E-state index in [1.807, 2.05) is 0 Å². The summed E-state index contributed by atoms with van der Waals surface area (Å²) >= 11 is 2.18. The van der Waals surface area contributed by atoms with Gasteiger partial charge in [-0.25, -0.2) is 0 Å². The maximum absolute atomic E-state index is 3.51. The first-order chi connectivity index (χ1) is 6.62. The molecule has 0 amide bonds. The molecule has 2 fully saturated rings. The Morgan fingerprint density at radius 3 is 2.86 bits per heavy atom. The molecule has 0 aromatic rings. The van der Waals surface area contributed by atoms with Crippen molar-refractivity contribution in [2.45, 2.75) is 33.6 Å². The van der Waals surface area contributed by atoms with Gasteiger partial charge in [-0.15, -0.1) is 0 Å². The maximum Gasteiger partial charge on any atom is -0.000243 e. The second kappa shape index (κ2) is 3.71. The van der Waals surface area contributed by atoms with Gasteiger partial charge in [-0.3, -0.25) is 0 Å². The Hall–Kier alpha value is 0.310. The summed E-state index contributed by atoms with van der Waals surface area (Å²) in [5.74, 6) is 3.75. The normalized spacial score (nSPS) is 40.1. The van der Waals surface area contributed by atoms with Crippen molar-refractivity contribution in [3.8, 4) is 0 Å². The van der Waals surface area contributed by atoms with Gasteiger partial charge in [0.1, 0.15) is 0 Å². The number of hydrogen-bond acceptors (Lipinski definition) is 2. The summed E-state index contributed by atoms with van der Waals surface area (Å²) in [6.07, 6.45) is 2.89. The Morgan fingerprint density at radius 2 is 2.21 bits per heavy atom. The average Bonchev–Trinajstić information content (AvgIpc) is 2.83. The van der Waals surface area contributed by atoms with Crippen LogP contribution in [0.5, 0.6) is 0 Å². The van der Waals surface area contributed by atoms with Gasteiger partial charge in [0.05, 0.1) is 0 Å². The maximum atomic E-state index is 3.51. The van der Waals surface area contributed by atoms with Crippen LogP contribution in [-0.4, -0.2) is 24.6 Å². The Balaban J connectivity index is 1.96. The fourth-order valence-electron chi connectivity index (χ4n) is 3.00. The molecule has 1 heterocycles. The van der Waals surface area contributed by atoms with E-state index in [4.69, 9.17) is 0 Å². The van der Waals surface area contributed by atoms with Crippen LogP contribution in [0.3, 0.4) is 0 Å². The molecule has 2 unspecified atom stereocenters. The van der Waals surface area contributed by atoms with Gasteiger partial charge in [-0.1, -0.05) is 20.8 Å². The Morgan fingerprint density at radius 1 is 1.43 bits per heavy atom. The highest BCUT2D eigenvalue weighted by Crippen LogP contribution is 2.67. The molecule has 1 spiro atoms. The van der Waals surface area contributed by atoms with Gasteiger partial charge in [0.2, 0.25) is 0 Å². The van der Waals surface area contributed by atoms with E-state index in [1.165, 1.54) is 30.9 Å². The fourth-order valence-corrected chi connectivity index (χ4v) is 4.91. The minimum absolute atomic E-state index is 0.596. The summed E-state index contributed by atoms with van der Waals surface area (Å²) in [4.78, 5) is 0. The van der Waals surface area contributed by atoms with E-state index >= 15 is 0 Å². The summed E-state index contributed by atoms with van der Waals surface area (Å²) in [6, 6.07) is 0. The lowest BCUT2D eigenvalue weighted by Gasteiger charge is -2.40. The van der Waals surface area contributed by atoms with E-state index in [0.29, 0.717) is 10.8 Å². The molecule has 2 rings (SSSR count). The highest BCUT2D eigenvalue weighted by molar-refractivity contribution is 7.99. The van der Waals surface area contributed by atoms with Gasteiger partial charge < -0.3 is 5.32 Å². The summed E-state index contributed by atoms with van der Waals surface area (Å²) in [5, 5.41) is 3.51. The molecule has 1 saturated heterocycles. The highest BCUT2D eigenvalue weighted by Gasteiger charge is 2.62. The number of thioether (sulfide) groups is 1. The van der Waals surface area contributed by atoms with Gasteiger partial charge in [-0.2, -0.15) is 11.8 Å². The first kappa shape index (κ1) is 10.8. The molecule has 1 aliphatic carbocycles. The molecule has 82 valence electrons. The van der Waals surface area contributed by atoms with Gasteiger partial charge in [0.25, 0.3) is 0 Å². The van der Waals surface area contributed by atoms with Gasteiger partial charge in [0.15, 0.2) is 0 Å². The SMILES string of the molecule is CCNCC1CC12CSCCC2(C)C.